The molecule has 0 spiro atoms. The Morgan fingerprint density at radius 2 is 1.73 bits per heavy atom. The van der Waals surface area contributed by atoms with E-state index >= 15 is 0 Å². The first-order chi connectivity index (χ1) is 12.5. The molecule has 0 fully saturated rings. The normalized spacial score (nSPS) is 10.6. The zero-order valence-corrected chi connectivity index (χ0v) is 14.7. The number of ketones is 1. The molecule has 3 rings (SSSR count). The summed E-state index contributed by atoms with van der Waals surface area (Å²) < 4.78 is 21.4. The summed E-state index contributed by atoms with van der Waals surface area (Å²) in [5, 5.41) is 0.722. The number of ether oxygens (including phenoxy) is 3. The Balaban J connectivity index is 2.09. The molecule has 1 heterocycles. The van der Waals surface area contributed by atoms with Crippen molar-refractivity contribution in [2.24, 2.45) is 0 Å². The van der Waals surface area contributed by atoms with Gasteiger partial charge < -0.3 is 18.6 Å². The number of hydrogen-bond donors (Lipinski definition) is 0. The predicted octanol–water partition coefficient (Wildman–Crippen LogP) is 3.45. The lowest BCUT2D eigenvalue weighted by Crippen LogP contribution is -2.07. The van der Waals surface area contributed by atoms with Gasteiger partial charge in [0.25, 0.3) is 0 Å². The number of Topliss-reactive ketones (excluding diaryl/α,β-unsaturated/α-hetero) is 1. The van der Waals surface area contributed by atoms with Crippen LogP contribution >= 0.6 is 0 Å². The van der Waals surface area contributed by atoms with Crippen LogP contribution in [0, 0.1) is 0 Å². The van der Waals surface area contributed by atoms with Crippen molar-refractivity contribution in [3.05, 3.63) is 52.9 Å². The van der Waals surface area contributed by atoms with Crippen molar-refractivity contribution in [3.8, 4) is 28.4 Å². The third-order valence-electron chi connectivity index (χ3n) is 3.85. The van der Waals surface area contributed by atoms with E-state index in [9.17, 15) is 9.59 Å². The average molecular weight is 354 g/mol. The Morgan fingerprint density at radius 3 is 2.42 bits per heavy atom. The van der Waals surface area contributed by atoms with Crippen molar-refractivity contribution >= 4 is 16.8 Å². The minimum Gasteiger partial charge on any atom is -0.497 e. The Labute approximate surface area is 149 Å². The Bertz CT molecular complexity index is 1020. The number of benzene rings is 2. The summed E-state index contributed by atoms with van der Waals surface area (Å²) in [6.45, 7) is 1.41. The molecule has 0 bridgehead atoms. The number of carbonyl (C=O) groups is 1. The van der Waals surface area contributed by atoms with Crippen molar-refractivity contribution in [1.82, 2.24) is 0 Å². The van der Waals surface area contributed by atoms with Crippen molar-refractivity contribution in [3.63, 3.8) is 0 Å². The molecule has 0 amide bonds. The van der Waals surface area contributed by atoms with Crippen LogP contribution in [0.3, 0.4) is 0 Å². The van der Waals surface area contributed by atoms with E-state index in [1.54, 1.807) is 49.6 Å². The highest BCUT2D eigenvalue weighted by molar-refractivity contribution is 5.84. The second-order valence-corrected chi connectivity index (χ2v) is 5.70. The molecule has 0 saturated carbocycles. The second-order valence-electron chi connectivity index (χ2n) is 5.70. The number of fused-ring (bicyclic) bond motifs is 1. The van der Waals surface area contributed by atoms with Gasteiger partial charge in [-0.3, -0.25) is 4.79 Å². The van der Waals surface area contributed by atoms with Crippen LogP contribution in [-0.2, 0) is 4.79 Å². The molecule has 0 radical (unpaired) electrons. The molecule has 0 N–H and O–H groups in total. The van der Waals surface area contributed by atoms with Crippen molar-refractivity contribution in [2.75, 3.05) is 20.8 Å². The van der Waals surface area contributed by atoms with Crippen LogP contribution in [0.15, 0.2) is 51.7 Å². The zero-order valence-electron chi connectivity index (χ0n) is 14.7. The first kappa shape index (κ1) is 17.5. The van der Waals surface area contributed by atoms with Crippen molar-refractivity contribution < 1.29 is 23.4 Å². The van der Waals surface area contributed by atoms with Crippen LogP contribution in [0.4, 0.5) is 0 Å². The highest BCUT2D eigenvalue weighted by Crippen LogP contribution is 2.33. The quantitative estimate of drug-likeness (QED) is 0.631. The molecule has 3 aromatic rings. The fraction of sp³-hybridized carbons (Fsp3) is 0.200. The van der Waals surface area contributed by atoms with E-state index in [4.69, 9.17) is 18.6 Å². The molecule has 6 heteroatoms. The highest BCUT2D eigenvalue weighted by Gasteiger charge is 2.14. The summed E-state index contributed by atoms with van der Waals surface area (Å²) in [7, 11) is 3.09. The van der Waals surface area contributed by atoms with Crippen LogP contribution < -0.4 is 19.8 Å². The number of carbonyl (C=O) groups excluding carboxylic acids is 1. The summed E-state index contributed by atoms with van der Waals surface area (Å²) >= 11 is 0. The first-order valence-corrected chi connectivity index (χ1v) is 7.94. The van der Waals surface area contributed by atoms with Crippen molar-refractivity contribution in [1.29, 1.82) is 0 Å². The lowest BCUT2D eigenvalue weighted by atomic mass is 10.0. The molecule has 26 heavy (non-hydrogen) atoms. The number of methoxy groups -OCH3 is 2. The van der Waals surface area contributed by atoms with Gasteiger partial charge in [0.1, 0.15) is 29.4 Å². The molecule has 0 saturated heterocycles. The van der Waals surface area contributed by atoms with E-state index in [2.05, 4.69) is 0 Å². The Kier molecular flexibility index (Phi) is 4.93. The van der Waals surface area contributed by atoms with E-state index < -0.39 is 5.63 Å². The molecule has 134 valence electrons. The van der Waals surface area contributed by atoms with Crippen LogP contribution in [0.25, 0.3) is 22.1 Å². The monoisotopic (exact) mass is 354 g/mol. The number of hydrogen-bond acceptors (Lipinski definition) is 6. The summed E-state index contributed by atoms with van der Waals surface area (Å²) in [5.74, 6) is 1.52. The van der Waals surface area contributed by atoms with Gasteiger partial charge in [-0.25, -0.2) is 4.79 Å². The van der Waals surface area contributed by atoms with E-state index in [1.165, 1.54) is 14.0 Å². The molecule has 0 aliphatic carbocycles. The summed E-state index contributed by atoms with van der Waals surface area (Å²) in [4.78, 5) is 23.5. The summed E-state index contributed by atoms with van der Waals surface area (Å²) in [6, 6.07) is 12.0. The minimum absolute atomic E-state index is 0.0329. The van der Waals surface area contributed by atoms with Gasteiger partial charge in [0.15, 0.2) is 5.78 Å². The summed E-state index contributed by atoms with van der Waals surface area (Å²) in [6.07, 6.45) is 0. The molecule has 0 atom stereocenters. The minimum atomic E-state index is -0.507. The fourth-order valence-electron chi connectivity index (χ4n) is 2.58. The van der Waals surface area contributed by atoms with Crippen LogP contribution in [-0.4, -0.2) is 26.6 Å². The van der Waals surface area contributed by atoms with Crippen molar-refractivity contribution in [2.45, 2.75) is 6.92 Å². The second kappa shape index (κ2) is 7.31. The van der Waals surface area contributed by atoms with Gasteiger partial charge in [-0.05, 0) is 43.3 Å². The van der Waals surface area contributed by atoms with E-state index in [0.717, 1.165) is 5.39 Å². The van der Waals surface area contributed by atoms with E-state index in [0.29, 0.717) is 34.0 Å². The van der Waals surface area contributed by atoms with Crippen LogP contribution in [0.1, 0.15) is 6.92 Å². The molecule has 0 aliphatic heterocycles. The highest BCUT2D eigenvalue weighted by atomic mass is 16.5. The van der Waals surface area contributed by atoms with Gasteiger partial charge in [-0.1, -0.05) is 0 Å². The smallest absolute Gasteiger partial charge is 0.344 e. The van der Waals surface area contributed by atoms with E-state index in [-0.39, 0.29) is 12.4 Å². The maximum atomic E-state index is 12.5. The third kappa shape index (κ3) is 3.54. The zero-order chi connectivity index (χ0) is 18.7. The Morgan fingerprint density at radius 1 is 0.962 bits per heavy atom. The fourth-order valence-corrected chi connectivity index (χ4v) is 2.58. The maximum Gasteiger partial charge on any atom is 0.344 e. The van der Waals surface area contributed by atoms with Gasteiger partial charge in [-0.2, -0.15) is 0 Å². The average Bonchev–Trinajstić information content (AvgIpc) is 2.65. The molecule has 1 aromatic heterocycles. The van der Waals surface area contributed by atoms with Gasteiger partial charge in [0.2, 0.25) is 0 Å². The Hall–Kier alpha value is -3.28. The van der Waals surface area contributed by atoms with Gasteiger partial charge in [0.05, 0.1) is 19.8 Å². The molecular weight excluding hydrogens is 336 g/mol. The largest absolute Gasteiger partial charge is 0.497 e. The first-order valence-electron chi connectivity index (χ1n) is 7.94. The molecule has 6 nitrogen and oxygen atoms in total. The molecular formula is C20H18O6. The topological polar surface area (TPSA) is 75.0 Å². The third-order valence-corrected chi connectivity index (χ3v) is 3.85. The maximum absolute atomic E-state index is 12.5. The van der Waals surface area contributed by atoms with E-state index in [1.807, 2.05) is 0 Å². The predicted molar refractivity (Wildman–Crippen MR) is 97.2 cm³/mol. The molecule has 0 unspecified atom stereocenters. The van der Waals surface area contributed by atoms with Crippen LogP contribution in [0.5, 0.6) is 17.2 Å². The van der Waals surface area contributed by atoms with Crippen LogP contribution in [0.2, 0.25) is 0 Å². The van der Waals surface area contributed by atoms with Gasteiger partial charge in [-0.15, -0.1) is 0 Å². The lowest BCUT2D eigenvalue weighted by molar-refractivity contribution is -0.118. The molecule has 0 aliphatic rings. The standard InChI is InChI=1S/C20H18O6/c1-12(21)11-25-15-5-4-13-8-17(20(22)26-19(13)10-15)16-9-14(23-2)6-7-18(16)24-3/h4-10H,11H2,1-3H3. The number of rotatable bonds is 6. The van der Waals surface area contributed by atoms with Gasteiger partial charge >= 0.3 is 5.63 Å². The SMILES string of the molecule is COc1ccc(OC)c(-c2cc3ccc(OCC(C)=O)cc3oc2=O)c1. The molecule has 2 aromatic carbocycles. The lowest BCUT2D eigenvalue weighted by Gasteiger charge is -2.10. The summed E-state index contributed by atoms with van der Waals surface area (Å²) in [5.41, 5.74) is 0.819. The van der Waals surface area contributed by atoms with Gasteiger partial charge in [0, 0.05) is 17.0 Å².